The molecule has 0 saturated heterocycles. The first-order valence-corrected chi connectivity index (χ1v) is 8.77. The zero-order valence-electron chi connectivity index (χ0n) is 13.5. The summed E-state index contributed by atoms with van der Waals surface area (Å²) in [5, 5.41) is 11.8. The fraction of sp³-hybridized carbons (Fsp3) is 0.263. The Balaban J connectivity index is 2.09. The number of thioether (sulfide) groups is 1. The van der Waals surface area contributed by atoms with Crippen LogP contribution in [-0.2, 0) is 9.59 Å². The fourth-order valence-electron chi connectivity index (χ4n) is 2.36. The number of rotatable bonds is 8. The highest BCUT2D eigenvalue weighted by Crippen LogP contribution is 2.26. The Labute approximate surface area is 146 Å². The van der Waals surface area contributed by atoms with E-state index >= 15 is 0 Å². The smallest absolute Gasteiger partial charge is 0.305 e. The van der Waals surface area contributed by atoms with Crippen molar-refractivity contribution in [2.24, 2.45) is 0 Å². The van der Waals surface area contributed by atoms with Crippen molar-refractivity contribution >= 4 is 23.6 Å². The summed E-state index contributed by atoms with van der Waals surface area (Å²) in [5.74, 6) is -1.07. The molecule has 5 heteroatoms. The summed E-state index contributed by atoms with van der Waals surface area (Å²) in [6.45, 7) is 1.95. The molecule has 2 unspecified atom stereocenters. The fourth-order valence-corrected chi connectivity index (χ4v) is 3.35. The minimum absolute atomic E-state index is 0.137. The van der Waals surface area contributed by atoms with Gasteiger partial charge in [0.25, 0.3) is 0 Å². The molecule has 0 radical (unpaired) electrons. The van der Waals surface area contributed by atoms with Gasteiger partial charge in [0.15, 0.2) is 0 Å². The maximum atomic E-state index is 12.6. The van der Waals surface area contributed by atoms with Gasteiger partial charge in [0.2, 0.25) is 5.91 Å². The molecule has 0 spiro atoms. The number of nitrogens with one attached hydrogen (secondary N) is 1. The molecule has 2 rings (SSSR count). The summed E-state index contributed by atoms with van der Waals surface area (Å²) >= 11 is 1.49. The van der Waals surface area contributed by atoms with E-state index in [1.54, 1.807) is 0 Å². The van der Waals surface area contributed by atoms with Gasteiger partial charge >= 0.3 is 5.97 Å². The van der Waals surface area contributed by atoms with E-state index in [0.717, 1.165) is 10.5 Å². The number of carbonyl (C=O) groups is 2. The number of aliphatic carboxylic acids is 1. The van der Waals surface area contributed by atoms with E-state index in [-0.39, 0.29) is 17.6 Å². The average molecular weight is 343 g/mol. The lowest BCUT2D eigenvalue weighted by molar-refractivity contribution is -0.137. The molecule has 0 aliphatic carbocycles. The van der Waals surface area contributed by atoms with Gasteiger partial charge in [-0.2, -0.15) is 0 Å². The minimum atomic E-state index is -0.937. The van der Waals surface area contributed by atoms with E-state index in [9.17, 15) is 9.59 Å². The quantitative estimate of drug-likeness (QED) is 0.714. The lowest BCUT2D eigenvalue weighted by Crippen LogP contribution is -2.36. The van der Waals surface area contributed by atoms with Crippen LogP contribution in [0.1, 0.15) is 31.4 Å². The molecule has 0 aliphatic rings. The predicted octanol–water partition coefficient (Wildman–Crippen LogP) is 3.89. The van der Waals surface area contributed by atoms with Gasteiger partial charge < -0.3 is 10.4 Å². The Morgan fingerprint density at radius 3 is 2.17 bits per heavy atom. The first-order valence-electron chi connectivity index (χ1n) is 7.89. The van der Waals surface area contributed by atoms with Gasteiger partial charge in [-0.1, -0.05) is 55.5 Å². The van der Waals surface area contributed by atoms with Crippen LogP contribution in [0.2, 0.25) is 0 Å². The molecule has 1 amide bonds. The Morgan fingerprint density at radius 2 is 1.62 bits per heavy atom. The first-order chi connectivity index (χ1) is 11.6. The highest BCUT2D eigenvalue weighted by atomic mass is 32.2. The summed E-state index contributed by atoms with van der Waals surface area (Å²) in [6.07, 6.45) is 0.530. The van der Waals surface area contributed by atoms with E-state index < -0.39 is 12.0 Å². The molecule has 4 nitrogen and oxygen atoms in total. The normalized spacial score (nSPS) is 13.0. The van der Waals surface area contributed by atoms with Crippen molar-refractivity contribution in [3.63, 3.8) is 0 Å². The van der Waals surface area contributed by atoms with Gasteiger partial charge in [-0.3, -0.25) is 9.59 Å². The third kappa shape index (κ3) is 5.42. The van der Waals surface area contributed by atoms with E-state index in [0.29, 0.717) is 6.42 Å². The number of hydrogen-bond donors (Lipinski definition) is 2. The van der Waals surface area contributed by atoms with Crippen LogP contribution in [0.5, 0.6) is 0 Å². The number of benzene rings is 2. The maximum absolute atomic E-state index is 12.6. The Kier molecular flexibility index (Phi) is 6.88. The van der Waals surface area contributed by atoms with Crippen LogP contribution in [0, 0.1) is 0 Å². The molecule has 2 N–H and O–H groups in total. The summed E-state index contributed by atoms with van der Waals surface area (Å²) in [5.41, 5.74) is 0.799. The van der Waals surface area contributed by atoms with E-state index in [1.165, 1.54) is 11.8 Å². The van der Waals surface area contributed by atoms with Crippen molar-refractivity contribution in [2.75, 3.05) is 0 Å². The van der Waals surface area contributed by atoms with Crippen LogP contribution in [0.25, 0.3) is 0 Å². The highest BCUT2D eigenvalue weighted by Gasteiger charge is 2.23. The number of carbonyl (C=O) groups excluding carboxylic acids is 1. The van der Waals surface area contributed by atoms with Gasteiger partial charge in [-0.25, -0.2) is 0 Å². The third-order valence-electron chi connectivity index (χ3n) is 3.58. The maximum Gasteiger partial charge on any atom is 0.305 e. The van der Waals surface area contributed by atoms with Gasteiger partial charge in [0.1, 0.15) is 0 Å². The van der Waals surface area contributed by atoms with E-state index in [1.807, 2.05) is 67.6 Å². The van der Waals surface area contributed by atoms with Crippen molar-refractivity contribution in [1.82, 2.24) is 5.32 Å². The number of carboxylic acid groups (broad SMARTS) is 1. The first kappa shape index (κ1) is 18.1. The van der Waals surface area contributed by atoms with Crippen molar-refractivity contribution in [3.05, 3.63) is 66.2 Å². The highest BCUT2D eigenvalue weighted by molar-refractivity contribution is 8.00. The molecule has 0 saturated carbocycles. The molecule has 0 aliphatic heterocycles. The minimum Gasteiger partial charge on any atom is -0.481 e. The number of amides is 1. The van der Waals surface area contributed by atoms with Crippen molar-refractivity contribution in [3.8, 4) is 0 Å². The molecule has 2 aromatic carbocycles. The SMILES string of the molecule is CCC(Sc1ccccc1)C(=O)NC(CC(=O)O)c1ccccc1. The summed E-state index contributed by atoms with van der Waals surface area (Å²) < 4.78 is 0. The van der Waals surface area contributed by atoms with Crippen LogP contribution >= 0.6 is 11.8 Å². The van der Waals surface area contributed by atoms with Crippen LogP contribution in [0.4, 0.5) is 0 Å². The molecule has 24 heavy (non-hydrogen) atoms. The van der Waals surface area contributed by atoms with E-state index in [4.69, 9.17) is 5.11 Å². The molecule has 0 heterocycles. The van der Waals surface area contributed by atoms with Crippen LogP contribution in [0.3, 0.4) is 0 Å². The number of hydrogen-bond acceptors (Lipinski definition) is 3. The molecule has 2 atom stereocenters. The van der Waals surface area contributed by atoms with Crippen LogP contribution in [-0.4, -0.2) is 22.2 Å². The zero-order valence-corrected chi connectivity index (χ0v) is 14.3. The Bertz CT molecular complexity index is 661. The van der Waals surface area contributed by atoms with Crippen molar-refractivity contribution in [2.45, 2.75) is 36.0 Å². The molecule has 0 aromatic heterocycles. The van der Waals surface area contributed by atoms with Gasteiger partial charge in [-0.15, -0.1) is 11.8 Å². The Hall–Kier alpha value is -2.27. The molecular formula is C19H21NO3S. The van der Waals surface area contributed by atoms with E-state index in [2.05, 4.69) is 5.32 Å². The lowest BCUT2D eigenvalue weighted by Gasteiger charge is -2.21. The zero-order chi connectivity index (χ0) is 17.4. The molecule has 0 fully saturated rings. The Morgan fingerprint density at radius 1 is 1.04 bits per heavy atom. The number of carboxylic acids is 1. The second kappa shape index (κ2) is 9.13. The van der Waals surface area contributed by atoms with Gasteiger partial charge in [-0.05, 0) is 24.1 Å². The third-order valence-corrected chi connectivity index (χ3v) is 4.96. The van der Waals surface area contributed by atoms with Crippen molar-refractivity contribution < 1.29 is 14.7 Å². The van der Waals surface area contributed by atoms with Crippen LogP contribution in [0.15, 0.2) is 65.6 Å². The summed E-state index contributed by atoms with van der Waals surface area (Å²) in [7, 11) is 0. The second-order valence-electron chi connectivity index (χ2n) is 5.40. The second-order valence-corrected chi connectivity index (χ2v) is 6.67. The lowest BCUT2D eigenvalue weighted by atomic mass is 10.0. The molecular weight excluding hydrogens is 322 g/mol. The molecule has 2 aromatic rings. The summed E-state index contributed by atoms with van der Waals surface area (Å²) in [4.78, 5) is 24.8. The topological polar surface area (TPSA) is 66.4 Å². The standard InChI is InChI=1S/C19H21NO3S/c1-2-17(24-15-11-7-4-8-12-15)19(23)20-16(13-18(21)22)14-9-5-3-6-10-14/h3-12,16-17H,2,13H2,1H3,(H,20,23)(H,21,22). The molecule has 0 bridgehead atoms. The monoisotopic (exact) mass is 343 g/mol. The van der Waals surface area contributed by atoms with Crippen LogP contribution < -0.4 is 5.32 Å². The van der Waals surface area contributed by atoms with Crippen molar-refractivity contribution in [1.29, 1.82) is 0 Å². The average Bonchev–Trinajstić information content (AvgIpc) is 2.60. The molecule has 126 valence electrons. The largest absolute Gasteiger partial charge is 0.481 e. The summed E-state index contributed by atoms with van der Waals surface area (Å²) in [6, 6.07) is 18.4. The van der Waals surface area contributed by atoms with Gasteiger partial charge in [0, 0.05) is 4.90 Å². The predicted molar refractivity (Wildman–Crippen MR) is 96.0 cm³/mol. The van der Waals surface area contributed by atoms with Gasteiger partial charge in [0.05, 0.1) is 17.7 Å².